The van der Waals surface area contributed by atoms with Crippen LogP contribution in [0.1, 0.15) is 42.2 Å². The number of hydrogen-bond donors (Lipinski definition) is 2. The Morgan fingerprint density at radius 3 is 2.77 bits per heavy atom. The van der Waals surface area contributed by atoms with Gasteiger partial charge in [-0.15, -0.1) is 0 Å². The predicted octanol–water partition coefficient (Wildman–Crippen LogP) is 4.52. The van der Waals surface area contributed by atoms with Gasteiger partial charge in [-0.05, 0) is 50.3 Å². The number of esters is 1. The normalized spacial score (nSPS) is 15.7. The van der Waals surface area contributed by atoms with Crippen molar-refractivity contribution in [2.45, 2.75) is 51.7 Å². The molecule has 210 valence electrons. The van der Waals surface area contributed by atoms with Crippen LogP contribution in [0.3, 0.4) is 0 Å². The highest BCUT2D eigenvalue weighted by atomic mass is 16.5. The summed E-state index contributed by atoms with van der Waals surface area (Å²) in [5.41, 5.74) is 3.38. The number of nitrogens with zero attached hydrogens (tertiary/aromatic N) is 4. The zero-order valence-corrected chi connectivity index (χ0v) is 23.0. The van der Waals surface area contributed by atoms with Crippen molar-refractivity contribution in [2.24, 2.45) is 5.92 Å². The number of methoxy groups -OCH3 is 1. The number of rotatable bonds is 12. The monoisotopic (exact) mass is 544 g/mol. The maximum Gasteiger partial charge on any atom is 0.356 e. The predicted molar refractivity (Wildman–Crippen MR) is 153 cm³/mol. The first kappa shape index (κ1) is 27.4. The molecule has 1 fully saturated rings. The molecule has 0 unspecified atom stereocenters. The SMILES string of the molecule is COC(=O)c1c(NC(=O)[C@H]2CCOC2)c2cc(N[C@@H](C)CCn3cccn3)cnc2n1CCCc1ccccc1. The minimum atomic E-state index is -0.516. The second-order valence-corrected chi connectivity index (χ2v) is 10.2. The fourth-order valence-electron chi connectivity index (χ4n) is 5.12. The van der Waals surface area contributed by atoms with E-state index in [2.05, 4.69) is 34.8 Å². The van der Waals surface area contributed by atoms with E-state index in [-0.39, 0.29) is 17.9 Å². The zero-order chi connectivity index (χ0) is 27.9. The van der Waals surface area contributed by atoms with Crippen LogP contribution in [0.15, 0.2) is 61.1 Å². The third-order valence-electron chi connectivity index (χ3n) is 7.28. The molecule has 0 saturated carbocycles. The van der Waals surface area contributed by atoms with E-state index in [0.29, 0.717) is 48.6 Å². The molecular formula is C30H36N6O4. The minimum Gasteiger partial charge on any atom is -0.464 e. The van der Waals surface area contributed by atoms with Gasteiger partial charge in [0.25, 0.3) is 0 Å². The molecule has 2 atom stereocenters. The van der Waals surface area contributed by atoms with Gasteiger partial charge in [-0.2, -0.15) is 5.10 Å². The summed E-state index contributed by atoms with van der Waals surface area (Å²) in [6, 6.07) is 14.2. The molecule has 10 nitrogen and oxygen atoms in total. The third-order valence-corrected chi connectivity index (χ3v) is 7.28. The Kier molecular flexibility index (Phi) is 8.75. The van der Waals surface area contributed by atoms with Crippen LogP contribution in [0.25, 0.3) is 11.0 Å². The van der Waals surface area contributed by atoms with Gasteiger partial charge in [0.15, 0.2) is 5.69 Å². The van der Waals surface area contributed by atoms with Crippen LogP contribution in [0.5, 0.6) is 0 Å². The number of anilines is 2. The minimum absolute atomic E-state index is 0.144. The van der Waals surface area contributed by atoms with Crippen LogP contribution in [-0.4, -0.2) is 57.6 Å². The number of pyridine rings is 1. The van der Waals surface area contributed by atoms with Crippen molar-refractivity contribution in [1.82, 2.24) is 19.3 Å². The molecule has 1 aromatic carbocycles. The molecule has 3 aromatic heterocycles. The number of aromatic nitrogens is 4. The number of carbonyl (C=O) groups is 2. The summed E-state index contributed by atoms with van der Waals surface area (Å²) >= 11 is 0. The van der Waals surface area contributed by atoms with Crippen LogP contribution in [0.2, 0.25) is 0 Å². The van der Waals surface area contributed by atoms with Crippen LogP contribution >= 0.6 is 0 Å². The Bertz CT molecular complexity index is 1430. The summed E-state index contributed by atoms with van der Waals surface area (Å²) < 4.78 is 14.4. The van der Waals surface area contributed by atoms with Gasteiger partial charge in [-0.1, -0.05) is 30.3 Å². The van der Waals surface area contributed by atoms with E-state index >= 15 is 0 Å². The summed E-state index contributed by atoms with van der Waals surface area (Å²) in [7, 11) is 1.35. The van der Waals surface area contributed by atoms with Gasteiger partial charge in [-0.25, -0.2) is 9.78 Å². The van der Waals surface area contributed by atoms with E-state index in [0.717, 1.165) is 31.5 Å². The first-order valence-electron chi connectivity index (χ1n) is 13.8. The fraction of sp³-hybridized carbons (Fsp3) is 0.400. The number of benzene rings is 1. The first-order chi connectivity index (χ1) is 19.5. The molecule has 1 saturated heterocycles. The van der Waals surface area contributed by atoms with E-state index in [1.807, 2.05) is 45.8 Å². The molecule has 40 heavy (non-hydrogen) atoms. The largest absolute Gasteiger partial charge is 0.464 e. The van der Waals surface area contributed by atoms with Gasteiger partial charge in [0.1, 0.15) is 5.65 Å². The van der Waals surface area contributed by atoms with Gasteiger partial charge in [0.2, 0.25) is 5.91 Å². The number of hydrogen-bond acceptors (Lipinski definition) is 7. The lowest BCUT2D eigenvalue weighted by Gasteiger charge is -2.15. The van der Waals surface area contributed by atoms with Crippen molar-refractivity contribution in [1.29, 1.82) is 0 Å². The molecular weight excluding hydrogens is 508 g/mol. The van der Waals surface area contributed by atoms with Crippen molar-refractivity contribution >= 4 is 34.3 Å². The van der Waals surface area contributed by atoms with Crippen molar-refractivity contribution in [3.63, 3.8) is 0 Å². The Hall–Kier alpha value is -4.18. The highest BCUT2D eigenvalue weighted by molar-refractivity contribution is 6.11. The summed E-state index contributed by atoms with van der Waals surface area (Å²) in [5, 5.41) is 11.5. The third kappa shape index (κ3) is 6.34. The maximum absolute atomic E-state index is 13.2. The van der Waals surface area contributed by atoms with Crippen LogP contribution < -0.4 is 10.6 Å². The zero-order valence-electron chi connectivity index (χ0n) is 23.0. The lowest BCUT2D eigenvalue weighted by Crippen LogP contribution is -2.24. The highest BCUT2D eigenvalue weighted by Gasteiger charge is 2.30. The molecule has 4 heterocycles. The molecule has 0 spiro atoms. The van der Waals surface area contributed by atoms with Gasteiger partial charge in [0, 0.05) is 43.5 Å². The Balaban J connectivity index is 1.45. The lowest BCUT2D eigenvalue weighted by atomic mass is 10.1. The summed E-state index contributed by atoms with van der Waals surface area (Å²) in [6.07, 6.45) is 8.63. The summed E-state index contributed by atoms with van der Waals surface area (Å²) in [4.78, 5) is 31.1. The van der Waals surface area contributed by atoms with Crippen molar-refractivity contribution < 1.29 is 19.1 Å². The standard InChI is InChI=1S/C30H36N6O4/c1-21(11-16-35-14-7-13-32-35)33-24-18-25-26(34-29(37)23-12-17-40-20-23)27(30(38)39-2)36(28(25)31-19-24)15-6-10-22-8-4-3-5-9-22/h3-5,7-9,13-14,18-19,21,23,33H,6,10-12,15-17,20H2,1-2H3,(H,34,37)/t21-,23-/m0/s1. The van der Waals surface area contributed by atoms with Gasteiger partial charge in [-0.3, -0.25) is 9.48 Å². The molecule has 0 bridgehead atoms. The Morgan fingerprint density at radius 2 is 2.05 bits per heavy atom. The maximum atomic E-state index is 13.2. The van der Waals surface area contributed by atoms with E-state index in [9.17, 15) is 9.59 Å². The van der Waals surface area contributed by atoms with E-state index in [1.165, 1.54) is 12.7 Å². The number of amides is 1. The molecule has 5 rings (SSSR count). The molecule has 1 aliphatic rings. The number of ether oxygens (including phenoxy) is 2. The smallest absolute Gasteiger partial charge is 0.356 e. The van der Waals surface area contributed by atoms with Crippen LogP contribution in [-0.2, 0) is 33.8 Å². The molecule has 0 aliphatic carbocycles. The van der Waals surface area contributed by atoms with Gasteiger partial charge in [0.05, 0.1) is 37.2 Å². The lowest BCUT2D eigenvalue weighted by molar-refractivity contribution is -0.119. The molecule has 1 amide bonds. The van der Waals surface area contributed by atoms with E-state index in [1.54, 1.807) is 12.4 Å². The average Bonchev–Trinajstić information content (AvgIpc) is 3.74. The van der Waals surface area contributed by atoms with Gasteiger partial charge < -0.3 is 24.7 Å². The number of carbonyl (C=O) groups excluding carboxylic acids is 2. The Labute approximate surface area is 233 Å². The molecule has 4 aromatic rings. The van der Waals surface area contributed by atoms with E-state index in [4.69, 9.17) is 14.5 Å². The number of fused-ring (bicyclic) bond motifs is 1. The van der Waals surface area contributed by atoms with Crippen molar-refractivity contribution in [3.8, 4) is 0 Å². The number of aryl methyl sites for hydroxylation is 3. The van der Waals surface area contributed by atoms with Crippen molar-refractivity contribution in [2.75, 3.05) is 31.0 Å². The molecule has 2 N–H and O–H groups in total. The average molecular weight is 545 g/mol. The topological polar surface area (TPSA) is 112 Å². The quantitative estimate of drug-likeness (QED) is 0.252. The summed E-state index contributed by atoms with van der Waals surface area (Å²) in [6.45, 7) is 4.35. The van der Waals surface area contributed by atoms with Crippen molar-refractivity contribution in [3.05, 3.63) is 72.3 Å². The Morgan fingerprint density at radius 1 is 1.20 bits per heavy atom. The second kappa shape index (κ2) is 12.8. The molecule has 10 heteroatoms. The van der Waals surface area contributed by atoms with Crippen LogP contribution in [0, 0.1) is 5.92 Å². The highest BCUT2D eigenvalue weighted by Crippen LogP contribution is 2.34. The summed E-state index contributed by atoms with van der Waals surface area (Å²) in [5.74, 6) is -0.951. The fourth-order valence-corrected chi connectivity index (χ4v) is 5.12. The van der Waals surface area contributed by atoms with Crippen LogP contribution in [0.4, 0.5) is 11.4 Å². The van der Waals surface area contributed by atoms with E-state index < -0.39 is 5.97 Å². The van der Waals surface area contributed by atoms with Gasteiger partial charge >= 0.3 is 5.97 Å². The number of nitrogens with one attached hydrogen (secondary N) is 2. The molecule has 0 radical (unpaired) electrons. The second-order valence-electron chi connectivity index (χ2n) is 10.2. The molecule has 1 aliphatic heterocycles. The first-order valence-corrected chi connectivity index (χ1v) is 13.8.